The van der Waals surface area contributed by atoms with Gasteiger partial charge in [0.15, 0.2) is 0 Å². The van der Waals surface area contributed by atoms with Crippen LogP contribution in [0.5, 0.6) is 0 Å². The van der Waals surface area contributed by atoms with Crippen LogP contribution >= 0.6 is 0 Å². The molecule has 0 aromatic carbocycles. The summed E-state index contributed by atoms with van der Waals surface area (Å²) in [7, 11) is 0. The second kappa shape index (κ2) is 4.96. The smallest absolute Gasteiger partial charge is 0.321 e. The molecule has 0 bridgehead atoms. The molecule has 0 unspecified atom stereocenters. The predicted molar refractivity (Wildman–Crippen MR) is 60.1 cm³/mol. The molecule has 0 spiro atoms. The molecule has 0 saturated heterocycles. The quantitative estimate of drug-likeness (QED) is 0.711. The van der Waals surface area contributed by atoms with Crippen LogP contribution in [0.4, 0.5) is 10.7 Å². The van der Waals surface area contributed by atoms with E-state index in [9.17, 15) is 4.79 Å². The van der Waals surface area contributed by atoms with Crippen LogP contribution < -0.4 is 10.6 Å². The van der Waals surface area contributed by atoms with Gasteiger partial charge >= 0.3 is 6.03 Å². The SMILES string of the molecule is Cc1nc(NC(=O)NC2CCCCC2)n[nH]1. The van der Waals surface area contributed by atoms with Crippen molar-refractivity contribution in [3.63, 3.8) is 0 Å². The van der Waals surface area contributed by atoms with Gasteiger partial charge in [0.05, 0.1) is 0 Å². The van der Waals surface area contributed by atoms with E-state index in [4.69, 9.17) is 0 Å². The number of aromatic nitrogens is 3. The van der Waals surface area contributed by atoms with E-state index in [0.717, 1.165) is 12.8 Å². The summed E-state index contributed by atoms with van der Waals surface area (Å²) in [6.07, 6.45) is 5.82. The van der Waals surface area contributed by atoms with Gasteiger partial charge in [0.25, 0.3) is 0 Å². The Morgan fingerprint density at radius 2 is 2.12 bits per heavy atom. The Hall–Kier alpha value is -1.59. The summed E-state index contributed by atoms with van der Waals surface area (Å²) in [4.78, 5) is 15.6. The maximum Gasteiger partial charge on any atom is 0.321 e. The fraction of sp³-hybridized carbons (Fsp3) is 0.700. The standard InChI is InChI=1S/C10H17N5O/c1-7-11-9(15-14-7)13-10(16)12-8-5-3-2-4-6-8/h8H,2-6H2,1H3,(H3,11,12,13,14,15,16). The van der Waals surface area contributed by atoms with E-state index in [0.29, 0.717) is 17.8 Å². The third-order valence-corrected chi connectivity index (χ3v) is 2.76. The molecule has 1 aromatic heterocycles. The van der Waals surface area contributed by atoms with E-state index < -0.39 is 0 Å². The maximum absolute atomic E-state index is 11.6. The fourth-order valence-electron chi connectivity index (χ4n) is 1.97. The maximum atomic E-state index is 11.6. The van der Waals surface area contributed by atoms with Crippen LogP contribution in [0.1, 0.15) is 37.9 Å². The highest BCUT2D eigenvalue weighted by atomic mass is 16.2. The molecule has 0 radical (unpaired) electrons. The minimum Gasteiger partial charge on any atom is -0.335 e. The number of hydrogen-bond acceptors (Lipinski definition) is 3. The first-order valence-electron chi connectivity index (χ1n) is 5.70. The molecule has 2 rings (SSSR count). The number of aryl methyl sites for hydroxylation is 1. The molecule has 1 aliphatic rings. The van der Waals surface area contributed by atoms with Crippen LogP contribution in [0.2, 0.25) is 0 Å². The van der Waals surface area contributed by atoms with Gasteiger partial charge in [-0.05, 0) is 19.8 Å². The van der Waals surface area contributed by atoms with E-state index in [-0.39, 0.29) is 6.03 Å². The molecule has 1 aromatic rings. The van der Waals surface area contributed by atoms with Gasteiger partial charge in [-0.25, -0.2) is 4.79 Å². The van der Waals surface area contributed by atoms with Gasteiger partial charge in [0.1, 0.15) is 5.82 Å². The zero-order valence-corrected chi connectivity index (χ0v) is 9.42. The largest absolute Gasteiger partial charge is 0.335 e. The Morgan fingerprint density at radius 3 is 2.75 bits per heavy atom. The lowest BCUT2D eigenvalue weighted by Crippen LogP contribution is -2.39. The molecule has 6 heteroatoms. The minimum absolute atomic E-state index is 0.217. The topological polar surface area (TPSA) is 82.7 Å². The highest BCUT2D eigenvalue weighted by Crippen LogP contribution is 2.17. The van der Waals surface area contributed by atoms with Crippen molar-refractivity contribution in [2.45, 2.75) is 45.1 Å². The first-order valence-corrected chi connectivity index (χ1v) is 5.70. The summed E-state index contributed by atoms with van der Waals surface area (Å²) in [6.45, 7) is 1.79. The van der Waals surface area contributed by atoms with E-state index >= 15 is 0 Å². The zero-order chi connectivity index (χ0) is 11.4. The Labute approximate surface area is 94.2 Å². The van der Waals surface area contributed by atoms with Crippen molar-refractivity contribution in [3.8, 4) is 0 Å². The number of rotatable bonds is 2. The van der Waals surface area contributed by atoms with E-state index in [2.05, 4.69) is 25.8 Å². The minimum atomic E-state index is -0.217. The summed E-state index contributed by atoms with van der Waals surface area (Å²) in [5.41, 5.74) is 0. The molecule has 1 aliphatic carbocycles. The van der Waals surface area contributed by atoms with Crippen molar-refractivity contribution in [1.29, 1.82) is 0 Å². The molecule has 0 aliphatic heterocycles. The third-order valence-electron chi connectivity index (χ3n) is 2.76. The highest BCUT2D eigenvalue weighted by Gasteiger charge is 2.16. The van der Waals surface area contributed by atoms with Gasteiger partial charge in [-0.2, -0.15) is 4.98 Å². The number of nitrogens with one attached hydrogen (secondary N) is 3. The summed E-state index contributed by atoms with van der Waals surface area (Å²) >= 11 is 0. The molecular formula is C10H17N5O. The number of carbonyl (C=O) groups is 1. The third kappa shape index (κ3) is 2.95. The number of nitrogens with zero attached hydrogens (tertiary/aromatic N) is 2. The van der Waals surface area contributed by atoms with Crippen molar-refractivity contribution >= 4 is 12.0 Å². The normalized spacial score (nSPS) is 17.1. The molecule has 88 valence electrons. The first-order chi connectivity index (χ1) is 7.74. The van der Waals surface area contributed by atoms with E-state index in [1.54, 1.807) is 6.92 Å². The van der Waals surface area contributed by atoms with Crippen LogP contribution in [0.3, 0.4) is 0 Å². The van der Waals surface area contributed by atoms with Crippen LogP contribution in [0.15, 0.2) is 0 Å². The molecule has 16 heavy (non-hydrogen) atoms. The number of carbonyl (C=O) groups excluding carboxylic acids is 1. The zero-order valence-electron chi connectivity index (χ0n) is 9.42. The van der Waals surface area contributed by atoms with Crippen LogP contribution in [-0.2, 0) is 0 Å². The average Bonchev–Trinajstić information content (AvgIpc) is 2.65. The summed E-state index contributed by atoms with van der Waals surface area (Å²) in [6, 6.07) is 0.0830. The van der Waals surface area contributed by atoms with Gasteiger partial charge in [-0.1, -0.05) is 19.3 Å². The Balaban J connectivity index is 1.79. The number of hydrogen-bond donors (Lipinski definition) is 3. The number of H-pyrrole nitrogens is 1. The van der Waals surface area contributed by atoms with Crippen LogP contribution in [-0.4, -0.2) is 27.3 Å². The number of aromatic amines is 1. The highest BCUT2D eigenvalue weighted by molar-refractivity contribution is 5.87. The fourth-order valence-corrected chi connectivity index (χ4v) is 1.97. The number of amides is 2. The summed E-state index contributed by atoms with van der Waals surface area (Å²) in [5.74, 6) is 1.01. The Kier molecular flexibility index (Phi) is 3.38. The molecule has 1 saturated carbocycles. The van der Waals surface area contributed by atoms with Crippen molar-refractivity contribution in [2.75, 3.05) is 5.32 Å². The Bertz CT molecular complexity index is 356. The molecule has 1 fully saturated rings. The van der Waals surface area contributed by atoms with Gasteiger partial charge in [-0.3, -0.25) is 10.4 Å². The van der Waals surface area contributed by atoms with Gasteiger partial charge in [-0.15, -0.1) is 5.10 Å². The molecule has 3 N–H and O–H groups in total. The molecule has 6 nitrogen and oxygen atoms in total. The second-order valence-corrected chi connectivity index (χ2v) is 4.18. The second-order valence-electron chi connectivity index (χ2n) is 4.18. The lowest BCUT2D eigenvalue weighted by molar-refractivity contribution is 0.244. The number of urea groups is 1. The molecule has 1 heterocycles. The monoisotopic (exact) mass is 223 g/mol. The first kappa shape index (κ1) is 10.9. The van der Waals surface area contributed by atoms with E-state index in [1.165, 1.54) is 19.3 Å². The predicted octanol–water partition coefficient (Wildman–Crippen LogP) is 1.57. The number of anilines is 1. The van der Waals surface area contributed by atoms with Crippen molar-refractivity contribution in [2.24, 2.45) is 0 Å². The van der Waals surface area contributed by atoms with Crippen molar-refractivity contribution in [1.82, 2.24) is 20.5 Å². The van der Waals surface area contributed by atoms with Gasteiger partial charge < -0.3 is 5.32 Å². The van der Waals surface area contributed by atoms with Crippen molar-refractivity contribution in [3.05, 3.63) is 5.82 Å². The van der Waals surface area contributed by atoms with Gasteiger partial charge in [0.2, 0.25) is 5.95 Å². The van der Waals surface area contributed by atoms with Crippen molar-refractivity contribution < 1.29 is 4.79 Å². The van der Waals surface area contributed by atoms with Crippen LogP contribution in [0, 0.1) is 6.92 Å². The summed E-state index contributed by atoms with van der Waals surface area (Å²) in [5, 5.41) is 12.1. The van der Waals surface area contributed by atoms with E-state index in [1.807, 2.05) is 0 Å². The molecule has 0 atom stereocenters. The van der Waals surface area contributed by atoms with Crippen LogP contribution in [0.25, 0.3) is 0 Å². The molecular weight excluding hydrogens is 206 g/mol. The average molecular weight is 223 g/mol. The summed E-state index contributed by atoms with van der Waals surface area (Å²) < 4.78 is 0. The lowest BCUT2D eigenvalue weighted by atomic mass is 9.96. The van der Waals surface area contributed by atoms with Gasteiger partial charge in [0, 0.05) is 6.04 Å². The lowest BCUT2D eigenvalue weighted by Gasteiger charge is -2.22. The Morgan fingerprint density at radius 1 is 1.38 bits per heavy atom. The molecule has 2 amide bonds.